The van der Waals surface area contributed by atoms with Gasteiger partial charge in [-0.2, -0.15) is 0 Å². The normalized spacial score (nSPS) is 16.0. The zero-order valence-electron chi connectivity index (χ0n) is 16.1. The van der Waals surface area contributed by atoms with Crippen molar-refractivity contribution in [3.05, 3.63) is 53.1 Å². The molecule has 7 heteroatoms. The number of carbonyl (C=O) groups excluding carboxylic acids is 1. The quantitative estimate of drug-likeness (QED) is 0.835. The summed E-state index contributed by atoms with van der Waals surface area (Å²) in [5, 5.41) is 3.04. The van der Waals surface area contributed by atoms with Crippen LogP contribution >= 0.6 is 0 Å². The van der Waals surface area contributed by atoms with Crippen LogP contribution in [0.1, 0.15) is 28.4 Å². The lowest BCUT2D eigenvalue weighted by Gasteiger charge is -2.33. The van der Waals surface area contributed by atoms with Crippen LogP contribution in [-0.2, 0) is 16.1 Å². The number of amides is 1. The number of rotatable bonds is 6. The summed E-state index contributed by atoms with van der Waals surface area (Å²) in [4.78, 5) is 23.8. The largest absolute Gasteiger partial charge is 0.496 e. The Bertz CT molecular complexity index is 776. The Morgan fingerprint density at radius 1 is 1.33 bits per heavy atom. The second kappa shape index (κ2) is 8.92. The highest BCUT2D eigenvalue weighted by atomic mass is 16.5. The fourth-order valence-corrected chi connectivity index (χ4v) is 3.42. The number of ether oxygens (including phenoxy) is 2. The number of pyridine rings is 2. The first-order valence-corrected chi connectivity index (χ1v) is 9.10. The van der Waals surface area contributed by atoms with Crippen molar-refractivity contribution in [2.24, 2.45) is 0 Å². The van der Waals surface area contributed by atoms with Crippen LogP contribution < -0.4 is 10.1 Å². The van der Waals surface area contributed by atoms with Crippen molar-refractivity contribution < 1.29 is 14.3 Å². The van der Waals surface area contributed by atoms with E-state index in [2.05, 4.69) is 20.2 Å². The average molecular weight is 370 g/mol. The lowest BCUT2D eigenvalue weighted by Crippen LogP contribution is -2.45. The average Bonchev–Trinajstić information content (AvgIpc) is 2.70. The molecule has 2 aromatic rings. The van der Waals surface area contributed by atoms with Crippen molar-refractivity contribution in [2.45, 2.75) is 26.4 Å². The fraction of sp³-hybridized carbons (Fsp3) is 0.450. The molecule has 0 unspecified atom stereocenters. The van der Waals surface area contributed by atoms with E-state index in [4.69, 9.17) is 9.47 Å². The Morgan fingerprint density at radius 2 is 2.11 bits per heavy atom. The molecular weight excluding hydrogens is 344 g/mol. The van der Waals surface area contributed by atoms with E-state index in [0.29, 0.717) is 32.8 Å². The molecule has 1 atom stereocenters. The van der Waals surface area contributed by atoms with E-state index in [1.54, 1.807) is 25.7 Å². The van der Waals surface area contributed by atoms with Crippen molar-refractivity contribution in [2.75, 3.05) is 33.4 Å². The van der Waals surface area contributed by atoms with Gasteiger partial charge in [0.05, 0.1) is 32.6 Å². The monoisotopic (exact) mass is 370 g/mol. The Labute approximate surface area is 159 Å². The predicted molar refractivity (Wildman–Crippen MR) is 101 cm³/mol. The molecule has 1 fully saturated rings. The lowest BCUT2D eigenvalue weighted by molar-refractivity contribution is -0.128. The van der Waals surface area contributed by atoms with Gasteiger partial charge in [-0.05, 0) is 25.5 Å². The number of aryl methyl sites for hydroxylation is 1. The Hall–Kier alpha value is -2.51. The molecule has 1 N–H and O–H groups in total. The van der Waals surface area contributed by atoms with Crippen LogP contribution in [0.4, 0.5) is 0 Å². The topological polar surface area (TPSA) is 76.6 Å². The zero-order chi connectivity index (χ0) is 19.2. The molecule has 3 heterocycles. The van der Waals surface area contributed by atoms with E-state index in [1.165, 1.54) is 0 Å². The molecular formula is C20H26N4O3. The van der Waals surface area contributed by atoms with E-state index in [-0.39, 0.29) is 5.91 Å². The third kappa shape index (κ3) is 4.43. The van der Waals surface area contributed by atoms with E-state index < -0.39 is 6.04 Å². The molecule has 0 aliphatic carbocycles. The van der Waals surface area contributed by atoms with Gasteiger partial charge in [-0.1, -0.05) is 6.07 Å². The molecule has 144 valence electrons. The second-order valence-electron chi connectivity index (χ2n) is 6.60. The Morgan fingerprint density at radius 3 is 2.78 bits per heavy atom. The molecule has 0 spiro atoms. The predicted octanol–water partition coefficient (Wildman–Crippen LogP) is 1.79. The first kappa shape index (κ1) is 19.3. The van der Waals surface area contributed by atoms with E-state index >= 15 is 0 Å². The third-order valence-electron chi connectivity index (χ3n) is 4.84. The van der Waals surface area contributed by atoms with Gasteiger partial charge in [0, 0.05) is 42.8 Å². The van der Waals surface area contributed by atoms with Gasteiger partial charge in [-0.25, -0.2) is 0 Å². The van der Waals surface area contributed by atoms with Gasteiger partial charge in [0.25, 0.3) is 0 Å². The molecule has 0 saturated carbocycles. The van der Waals surface area contributed by atoms with Crippen LogP contribution in [0.15, 0.2) is 30.7 Å². The zero-order valence-corrected chi connectivity index (χ0v) is 16.1. The number of carbonyl (C=O) groups is 1. The maximum Gasteiger partial charge on any atom is 0.242 e. The van der Waals surface area contributed by atoms with Crippen LogP contribution in [-0.4, -0.2) is 54.2 Å². The van der Waals surface area contributed by atoms with Gasteiger partial charge in [0.15, 0.2) is 0 Å². The van der Waals surface area contributed by atoms with Crippen molar-refractivity contribution in [1.82, 2.24) is 20.2 Å². The summed E-state index contributed by atoms with van der Waals surface area (Å²) in [6.45, 7) is 6.94. The molecule has 0 radical (unpaired) electrons. The van der Waals surface area contributed by atoms with Gasteiger partial charge < -0.3 is 14.8 Å². The molecule has 1 aliphatic rings. The Kier molecular flexibility index (Phi) is 6.36. The van der Waals surface area contributed by atoms with Crippen molar-refractivity contribution in [3.63, 3.8) is 0 Å². The van der Waals surface area contributed by atoms with Crippen molar-refractivity contribution >= 4 is 5.91 Å². The maximum atomic E-state index is 13.1. The number of morpholine rings is 1. The SMILES string of the molecule is COc1c(C)cnc(CNC(=O)[C@@H](c2cccnc2)N2CCOCC2)c1C. The molecule has 2 aromatic heterocycles. The number of hydrogen-bond acceptors (Lipinski definition) is 6. The molecule has 0 bridgehead atoms. The van der Waals surface area contributed by atoms with Crippen LogP contribution in [0.25, 0.3) is 0 Å². The summed E-state index contributed by atoms with van der Waals surface area (Å²) in [6, 6.07) is 3.40. The van der Waals surface area contributed by atoms with Gasteiger partial charge in [0.1, 0.15) is 11.8 Å². The number of aromatic nitrogens is 2. The minimum absolute atomic E-state index is 0.0642. The van der Waals surface area contributed by atoms with Crippen molar-refractivity contribution in [1.29, 1.82) is 0 Å². The van der Waals surface area contributed by atoms with Crippen LogP contribution in [0.5, 0.6) is 5.75 Å². The lowest BCUT2D eigenvalue weighted by atomic mass is 10.1. The van der Waals surface area contributed by atoms with Gasteiger partial charge >= 0.3 is 0 Å². The van der Waals surface area contributed by atoms with E-state index in [0.717, 1.165) is 28.1 Å². The minimum atomic E-state index is -0.393. The van der Waals surface area contributed by atoms with Gasteiger partial charge in [0.2, 0.25) is 5.91 Å². The first-order valence-electron chi connectivity index (χ1n) is 9.10. The molecule has 7 nitrogen and oxygen atoms in total. The molecule has 3 rings (SSSR count). The Balaban J connectivity index is 1.77. The van der Waals surface area contributed by atoms with Crippen LogP contribution in [0.3, 0.4) is 0 Å². The summed E-state index contributed by atoms with van der Waals surface area (Å²) in [5.41, 5.74) is 3.61. The summed E-state index contributed by atoms with van der Waals surface area (Å²) < 4.78 is 10.9. The van der Waals surface area contributed by atoms with E-state index in [9.17, 15) is 4.79 Å². The second-order valence-corrected chi connectivity index (χ2v) is 6.60. The highest BCUT2D eigenvalue weighted by molar-refractivity contribution is 5.83. The summed E-state index contributed by atoms with van der Waals surface area (Å²) in [5.74, 6) is 0.747. The highest BCUT2D eigenvalue weighted by Crippen LogP contribution is 2.25. The summed E-state index contributed by atoms with van der Waals surface area (Å²) in [6.07, 6.45) is 5.23. The fourth-order valence-electron chi connectivity index (χ4n) is 3.42. The highest BCUT2D eigenvalue weighted by Gasteiger charge is 2.29. The molecule has 27 heavy (non-hydrogen) atoms. The first-order chi connectivity index (χ1) is 13.1. The summed E-state index contributed by atoms with van der Waals surface area (Å²) >= 11 is 0. The van der Waals surface area contributed by atoms with Crippen LogP contribution in [0, 0.1) is 13.8 Å². The van der Waals surface area contributed by atoms with Gasteiger partial charge in [-0.3, -0.25) is 19.7 Å². The standard InChI is InChI=1S/C20H26N4O3/c1-14-11-22-17(15(2)19(14)26-3)13-23-20(25)18(16-5-4-6-21-12-16)24-7-9-27-10-8-24/h4-6,11-12,18H,7-10,13H2,1-3H3,(H,23,25)/t18-/m1/s1. The smallest absolute Gasteiger partial charge is 0.242 e. The van der Waals surface area contributed by atoms with E-state index in [1.807, 2.05) is 26.0 Å². The number of nitrogens with zero attached hydrogens (tertiary/aromatic N) is 3. The van der Waals surface area contributed by atoms with Gasteiger partial charge in [-0.15, -0.1) is 0 Å². The summed E-state index contributed by atoms with van der Waals surface area (Å²) in [7, 11) is 1.65. The van der Waals surface area contributed by atoms with Crippen LogP contribution in [0.2, 0.25) is 0 Å². The van der Waals surface area contributed by atoms with Crippen molar-refractivity contribution in [3.8, 4) is 5.75 Å². The number of nitrogens with one attached hydrogen (secondary N) is 1. The number of methoxy groups -OCH3 is 1. The molecule has 0 aromatic carbocycles. The maximum absolute atomic E-state index is 13.1. The molecule has 1 saturated heterocycles. The molecule has 1 amide bonds. The third-order valence-corrected chi connectivity index (χ3v) is 4.84. The molecule has 1 aliphatic heterocycles. The number of hydrogen-bond donors (Lipinski definition) is 1. The minimum Gasteiger partial charge on any atom is -0.496 e.